The van der Waals surface area contributed by atoms with E-state index in [1.807, 2.05) is 0 Å². The van der Waals surface area contributed by atoms with Crippen LogP contribution < -0.4 is 10.0 Å². The van der Waals surface area contributed by atoms with Gasteiger partial charge in [-0.25, -0.2) is 22.3 Å². The van der Waals surface area contributed by atoms with Gasteiger partial charge < -0.3 is 10.1 Å². The number of amides is 1. The lowest BCUT2D eigenvalue weighted by Crippen LogP contribution is -2.30. The summed E-state index contributed by atoms with van der Waals surface area (Å²) in [7, 11) is -3.76. The largest absolute Gasteiger partial charge is 0.449 e. The minimum absolute atomic E-state index is 0.0125. The summed E-state index contributed by atoms with van der Waals surface area (Å²) in [6, 6.07) is 8.14. The van der Waals surface area contributed by atoms with E-state index in [4.69, 9.17) is 4.74 Å². The fraction of sp³-hybridized carbons (Fsp3) is 0.263. The first kappa shape index (κ1) is 23.0. The van der Waals surface area contributed by atoms with Gasteiger partial charge in [0.15, 0.2) is 6.10 Å². The Labute approximate surface area is 176 Å². The van der Waals surface area contributed by atoms with Gasteiger partial charge in [-0.3, -0.25) is 4.79 Å². The molecule has 10 heteroatoms. The SMILES string of the molecule is CCNS(=O)(=O)c1ccc(C)c(C(=O)OC(C)C(=O)Nc2ccc(Br)cc2F)c1. The molecule has 0 saturated carbocycles. The molecule has 0 fully saturated rings. The Kier molecular flexibility index (Phi) is 7.50. The Balaban J connectivity index is 2.15. The summed E-state index contributed by atoms with van der Waals surface area (Å²) >= 11 is 3.12. The van der Waals surface area contributed by atoms with Gasteiger partial charge in [-0.15, -0.1) is 0 Å². The van der Waals surface area contributed by atoms with E-state index in [2.05, 4.69) is 26.0 Å². The van der Waals surface area contributed by atoms with Crippen LogP contribution in [0, 0.1) is 12.7 Å². The summed E-state index contributed by atoms with van der Waals surface area (Å²) in [6.07, 6.45) is -1.24. The second kappa shape index (κ2) is 9.47. The van der Waals surface area contributed by atoms with Crippen molar-refractivity contribution in [3.63, 3.8) is 0 Å². The van der Waals surface area contributed by atoms with Gasteiger partial charge in [-0.1, -0.05) is 28.9 Å². The zero-order chi connectivity index (χ0) is 21.8. The van der Waals surface area contributed by atoms with Crippen LogP contribution in [0.3, 0.4) is 0 Å². The van der Waals surface area contributed by atoms with Crippen LogP contribution in [-0.2, 0) is 19.6 Å². The second-order valence-corrected chi connectivity index (χ2v) is 8.82. The standard InChI is InChI=1S/C19H20BrFN2O5S/c1-4-22-29(26,27)14-7-5-11(2)15(10-14)19(25)28-12(3)18(24)23-17-8-6-13(20)9-16(17)21/h5-10,12,22H,4H2,1-3H3,(H,23,24). The highest BCUT2D eigenvalue weighted by Crippen LogP contribution is 2.20. The maximum absolute atomic E-state index is 13.9. The zero-order valence-electron chi connectivity index (χ0n) is 16.0. The van der Waals surface area contributed by atoms with Crippen molar-refractivity contribution in [1.82, 2.24) is 4.72 Å². The third-order valence-electron chi connectivity index (χ3n) is 3.92. The normalized spacial score (nSPS) is 12.3. The van der Waals surface area contributed by atoms with Gasteiger partial charge in [0.25, 0.3) is 5.91 Å². The van der Waals surface area contributed by atoms with Gasteiger partial charge in [0.05, 0.1) is 16.1 Å². The first-order chi connectivity index (χ1) is 13.5. The van der Waals surface area contributed by atoms with E-state index in [0.717, 1.165) is 0 Å². The van der Waals surface area contributed by atoms with Crippen LogP contribution >= 0.6 is 15.9 Å². The number of hydrogen-bond donors (Lipinski definition) is 2. The number of halogens is 2. The number of hydrogen-bond acceptors (Lipinski definition) is 5. The van der Waals surface area contributed by atoms with Gasteiger partial charge in [0.2, 0.25) is 10.0 Å². The molecule has 1 amide bonds. The van der Waals surface area contributed by atoms with Gasteiger partial charge >= 0.3 is 5.97 Å². The molecule has 0 heterocycles. The molecule has 0 saturated heterocycles. The van der Waals surface area contributed by atoms with Crippen LogP contribution in [0.2, 0.25) is 0 Å². The Morgan fingerprint density at radius 2 is 1.90 bits per heavy atom. The Morgan fingerprint density at radius 1 is 1.21 bits per heavy atom. The lowest BCUT2D eigenvalue weighted by atomic mass is 10.1. The summed E-state index contributed by atoms with van der Waals surface area (Å²) < 4.78 is 46.1. The maximum Gasteiger partial charge on any atom is 0.339 e. The van der Waals surface area contributed by atoms with Gasteiger partial charge in [0, 0.05) is 11.0 Å². The van der Waals surface area contributed by atoms with Gasteiger partial charge in [-0.2, -0.15) is 0 Å². The molecular formula is C19H20BrFN2O5S. The van der Waals surface area contributed by atoms with Crippen LogP contribution in [0.15, 0.2) is 45.8 Å². The van der Waals surface area contributed by atoms with E-state index in [9.17, 15) is 22.4 Å². The van der Waals surface area contributed by atoms with Crippen molar-refractivity contribution >= 4 is 43.5 Å². The Bertz CT molecular complexity index is 1040. The van der Waals surface area contributed by atoms with E-state index in [1.165, 1.54) is 37.3 Å². The summed E-state index contributed by atoms with van der Waals surface area (Å²) in [5, 5.41) is 2.34. The van der Waals surface area contributed by atoms with E-state index in [-0.39, 0.29) is 22.7 Å². The van der Waals surface area contributed by atoms with Gasteiger partial charge in [-0.05, 0) is 49.7 Å². The van der Waals surface area contributed by atoms with E-state index in [0.29, 0.717) is 10.0 Å². The molecule has 0 aliphatic rings. The summed E-state index contributed by atoms with van der Waals surface area (Å²) in [5.41, 5.74) is 0.437. The van der Waals surface area contributed by atoms with Crippen LogP contribution in [0.1, 0.15) is 29.8 Å². The molecule has 0 spiro atoms. The van der Waals surface area contributed by atoms with E-state index in [1.54, 1.807) is 19.9 Å². The molecule has 0 bridgehead atoms. The van der Waals surface area contributed by atoms with Crippen molar-refractivity contribution in [2.75, 3.05) is 11.9 Å². The molecule has 2 aromatic rings. The molecule has 7 nitrogen and oxygen atoms in total. The number of nitrogens with one attached hydrogen (secondary N) is 2. The Morgan fingerprint density at radius 3 is 2.52 bits per heavy atom. The smallest absolute Gasteiger partial charge is 0.339 e. The highest BCUT2D eigenvalue weighted by Gasteiger charge is 2.23. The monoisotopic (exact) mass is 486 g/mol. The molecular weight excluding hydrogens is 467 g/mol. The van der Waals surface area contributed by atoms with Crippen molar-refractivity contribution in [3.8, 4) is 0 Å². The lowest BCUT2D eigenvalue weighted by Gasteiger charge is -2.15. The van der Waals surface area contributed by atoms with Crippen LogP contribution in [-0.4, -0.2) is 32.9 Å². The van der Waals surface area contributed by atoms with Crippen LogP contribution in [0.4, 0.5) is 10.1 Å². The molecule has 0 aromatic heterocycles. The molecule has 2 rings (SSSR count). The number of sulfonamides is 1. The molecule has 1 unspecified atom stereocenters. The van der Waals surface area contributed by atoms with Crippen molar-refractivity contribution in [2.24, 2.45) is 0 Å². The predicted octanol–water partition coefficient (Wildman–Crippen LogP) is 3.38. The number of aryl methyl sites for hydroxylation is 1. The predicted molar refractivity (Wildman–Crippen MR) is 110 cm³/mol. The quantitative estimate of drug-likeness (QED) is 0.584. The molecule has 0 aliphatic carbocycles. The van der Waals surface area contributed by atoms with Crippen molar-refractivity contribution in [1.29, 1.82) is 0 Å². The summed E-state index contributed by atoms with van der Waals surface area (Å²) in [5.74, 6) is -2.24. The van der Waals surface area contributed by atoms with Crippen molar-refractivity contribution in [2.45, 2.75) is 31.8 Å². The molecule has 156 valence electrons. The molecule has 2 aromatic carbocycles. The van der Waals surface area contributed by atoms with Crippen LogP contribution in [0.25, 0.3) is 0 Å². The second-order valence-electron chi connectivity index (χ2n) is 6.14. The minimum Gasteiger partial charge on any atom is -0.449 e. The topological polar surface area (TPSA) is 102 Å². The number of benzene rings is 2. The maximum atomic E-state index is 13.9. The zero-order valence-corrected chi connectivity index (χ0v) is 18.4. The fourth-order valence-corrected chi connectivity index (χ4v) is 3.76. The lowest BCUT2D eigenvalue weighted by molar-refractivity contribution is -0.123. The number of esters is 1. The Hall–Kier alpha value is -2.30. The van der Waals surface area contributed by atoms with E-state index >= 15 is 0 Å². The number of carbonyl (C=O) groups is 2. The van der Waals surface area contributed by atoms with Crippen LogP contribution in [0.5, 0.6) is 0 Å². The molecule has 0 radical (unpaired) electrons. The average Bonchev–Trinajstić information content (AvgIpc) is 2.63. The average molecular weight is 487 g/mol. The first-order valence-electron chi connectivity index (χ1n) is 8.62. The van der Waals surface area contributed by atoms with Gasteiger partial charge in [0.1, 0.15) is 5.82 Å². The molecule has 2 N–H and O–H groups in total. The van der Waals surface area contributed by atoms with E-state index < -0.39 is 33.8 Å². The molecule has 29 heavy (non-hydrogen) atoms. The summed E-state index contributed by atoms with van der Waals surface area (Å²) in [4.78, 5) is 24.6. The summed E-state index contributed by atoms with van der Waals surface area (Å²) in [6.45, 7) is 4.77. The number of carbonyl (C=O) groups excluding carboxylic acids is 2. The van der Waals surface area contributed by atoms with Crippen molar-refractivity contribution < 1.29 is 27.1 Å². The number of ether oxygens (including phenoxy) is 1. The first-order valence-corrected chi connectivity index (χ1v) is 10.9. The third kappa shape index (κ3) is 5.84. The van der Waals surface area contributed by atoms with Crippen molar-refractivity contribution in [3.05, 3.63) is 57.8 Å². The molecule has 1 atom stereocenters. The highest BCUT2D eigenvalue weighted by atomic mass is 79.9. The number of anilines is 1. The highest BCUT2D eigenvalue weighted by molar-refractivity contribution is 9.10. The fourth-order valence-electron chi connectivity index (χ4n) is 2.36. The number of rotatable bonds is 7. The minimum atomic E-state index is -3.76. The third-order valence-corrected chi connectivity index (χ3v) is 5.95. The molecule has 0 aliphatic heterocycles.